The Kier molecular flexibility index (Phi) is 5.34. The van der Waals surface area contributed by atoms with E-state index < -0.39 is 10.0 Å². The highest BCUT2D eigenvalue weighted by Gasteiger charge is 2.26. The van der Waals surface area contributed by atoms with Gasteiger partial charge in [0.25, 0.3) is 0 Å². The van der Waals surface area contributed by atoms with E-state index in [1.165, 1.54) is 11.4 Å². The molecule has 0 amide bonds. The van der Waals surface area contributed by atoms with Gasteiger partial charge in [-0.3, -0.25) is 0 Å². The quantitative estimate of drug-likeness (QED) is 0.860. The highest BCUT2D eigenvalue weighted by atomic mass is 32.2. The van der Waals surface area contributed by atoms with E-state index in [1.807, 2.05) is 20.9 Å². The fraction of sp³-hybridized carbons (Fsp3) is 0.538. The Morgan fingerprint density at radius 3 is 2.47 bits per heavy atom. The van der Waals surface area contributed by atoms with Crippen LogP contribution in [0.1, 0.15) is 19.4 Å². The van der Waals surface area contributed by atoms with Gasteiger partial charge in [-0.05, 0) is 38.6 Å². The number of methoxy groups -OCH3 is 1. The Labute approximate surface area is 115 Å². The fourth-order valence-corrected chi connectivity index (χ4v) is 3.17. The minimum atomic E-state index is -3.52. The third kappa shape index (κ3) is 3.46. The largest absolute Gasteiger partial charge is 0.495 e. The van der Waals surface area contributed by atoms with Gasteiger partial charge in [0, 0.05) is 19.6 Å². The molecule has 19 heavy (non-hydrogen) atoms. The molecule has 0 aromatic heterocycles. The van der Waals surface area contributed by atoms with Crippen LogP contribution in [-0.4, -0.2) is 40.0 Å². The molecule has 1 rings (SSSR count). The molecular weight excluding hydrogens is 264 g/mol. The number of sulfonamides is 1. The van der Waals surface area contributed by atoms with Crippen molar-refractivity contribution in [3.05, 3.63) is 23.8 Å². The molecule has 6 heteroatoms. The Hall–Kier alpha value is -1.11. The highest BCUT2D eigenvalue weighted by Crippen LogP contribution is 2.28. The molecule has 0 fully saturated rings. The summed E-state index contributed by atoms with van der Waals surface area (Å²) in [6.45, 7) is 4.33. The van der Waals surface area contributed by atoms with Gasteiger partial charge in [-0.15, -0.1) is 0 Å². The summed E-state index contributed by atoms with van der Waals surface area (Å²) in [5.41, 5.74) is 0.977. The average molecular weight is 286 g/mol. The van der Waals surface area contributed by atoms with Gasteiger partial charge in [0.05, 0.1) is 7.11 Å². The van der Waals surface area contributed by atoms with Crippen LogP contribution in [0.3, 0.4) is 0 Å². The second-order valence-corrected chi connectivity index (χ2v) is 6.60. The summed E-state index contributed by atoms with van der Waals surface area (Å²) < 4.78 is 31.5. The summed E-state index contributed by atoms with van der Waals surface area (Å²) in [5, 5.41) is 3.02. The van der Waals surface area contributed by atoms with Crippen molar-refractivity contribution < 1.29 is 13.2 Å². The number of benzene rings is 1. The molecule has 0 bridgehead atoms. The third-order valence-electron chi connectivity index (χ3n) is 2.99. The monoisotopic (exact) mass is 286 g/mol. The first-order valence-corrected chi connectivity index (χ1v) is 7.58. The van der Waals surface area contributed by atoms with E-state index in [4.69, 9.17) is 4.74 Å². The Bertz CT molecular complexity index is 527. The predicted octanol–water partition coefficient (Wildman–Crippen LogP) is 1.44. The predicted molar refractivity (Wildman–Crippen MR) is 75.8 cm³/mol. The van der Waals surface area contributed by atoms with Gasteiger partial charge < -0.3 is 10.1 Å². The van der Waals surface area contributed by atoms with E-state index in [0.717, 1.165) is 5.56 Å². The van der Waals surface area contributed by atoms with Gasteiger partial charge in [-0.1, -0.05) is 6.07 Å². The van der Waals surface area contributed by atoms with Gasteiger partial charge in [-0.25, -0.2) is 8.42 Å². The smallest absolute Gasteiger partial charge is 0.246 e. The zero-order valence-corrected chi connectivity index (χ0v) is 12.9. The fourth-order valence-electron chi connectivity index (χ4n) is 1.67. The highest BCUT2D eigenvalue weighted by molar-refractivity contribution is 7.89. The van der Waals surface area contributed by atoms with Crippen molar-refractivity contribution in [2.75, 3.05) is 21.2 Å². The molecule has 108 valence electrons. The second-order valence-electron chi connectivity index (χ2n) is 4.63. The van der Waals surface area contributed by atoms with Crippen molar-refractivity contribution in [1.82, 2.24) is 9.62 Å². The van der Waals surface area contributed by atoms with E-state index in [-0.39, 0.29) is 10.9 Å². The number of nitrogens with one attached hydrogen (secondary N) is 1. The first kappa shape index (κ1) is 15.9. The molecule has 1 aromatic carbocycles. The lowest BCUT2D eigenvalue weighted by Gasteiger charge is -2.22. The summed E-state index contributed by atoms with van der Waals surface area (Å²) >= 11 is 0. The average Bonchev–Trinajstić information content (AvgIpc) is 2.37. The molecule has 1 N–H and O–H groups in total. The molecular formula is C13H22N2O3S. The van der Waals surface area contributed by atoms with Crippen molar-refractivity contribution in [2.45, 2.75) is 31.3 Å². The number of rotatable bonds is 6. The Morgan fingerprint density at radius 2 is 2.00 bits per heavy atom. The molecule has 0 atom stereocenters. The maximum atomic E-state index is 12.5. The normalized spacial score (nSPS) is 12.2. The molecule has 5 nitrogen and oxygen atoms in total. The lowest BCUT2D eigenvalue weighted by Crippen LogP contribution is -2.33. The van der Waals surface area contributed by atoms with Crippen molar-refractivity contribution in [3.63, 3.8) is 0 Å². The van der Waals surface area contributed by atoms with E-state index in [9.17, 15) is 8.42 Å². The maximum Gasteiger partial charge on any atom is 0.246 e. The molecule has 0 aliphatic heterocycles. The van der Waals surface area contributed by atoms with Crippen LogP contribution >= 0.6 is 0 Å². The first-order valence-electron chi connectivity index (χ1n) is 6.14. The minimum Gasteiger partial charge on any atom is -0.495 e. The molecule has 0 aliphatic rings. The van der Waals surface area contributed by atoms with Crippen LogP contribution in [0.15, 0.2) is 23.1 Å². The molecule has 0 aliphatic carbocycles. The van der Waals surface area contributed by atoms with Gasteiger partial charge in [-0.2, -0.15) is 4.31 Å². The Morgan fingerprint density at radius 1 is 1.37 bits per heavy atom. The van der Waals surface area contributed by atoms with Crippen molar-refractivity contribution in [3.8, 4) is 5.75 Å². The maximum absolute atomic E-state index is 12.5. The van der Waals surface area contributed by atoms with Crippen LogP contribution in [0.4, 0.5) is 0 Å². The van der Waals surface area contributed by atoms with Gasteiger partial charge >= 0.3 is 0 Å². The number of nitrogens with zero attached hydrogens (tertiary/aromatic N) is 1. The van der Waals surface area contributed by atoms with E-state index >= 15 is 0 Å². The minimum absolute atomic E-state index is 0.105. The zero-order chi connectivity index (χ0) is 14.6. The molecule has 0 heterocycles. The first-order chi connectivity index (χ1) is 8.84. The summed E-state index contributed by atoms with van der Waals surface area (Å²) in [4.78, 5) is 0.200. The van der Waals surface area contributed by atoms with Gasteiger partial charge in [0.2, 0.25) is 10.0 Å². The van der Waals surface area contributed by atoms with Crippen LogP contribution in [-0.2, 0) is 16.6 Å². The molecule has 0 spiro atoms. The standard InChI is InChI=1S/C13H22N2O3S/c1-10(2)15(4)19(16,17)13-7-6-11(9-14-3)8-12(13)18-5/h6-8,10,14H,9H2,1-5H3. The van der Waals surface area contributed by atoms with Crippen LogP contribution in [0, 0.1) is 0 Å². The number of hydrogen-bond acceptors (Lipinski definition) is 4. The van der Waals surface area contributed by atoms with Crippen LogP contribution in [0.25, 0.3) is 0 Å². The topological polar surface area (TPSA) is 58.6 Å². The van der Waals surface area contributed by atoms with Crippen molar-refractivity contribution in [1.29, 1.82) is 0 Å². The van der Waals surface area contributed by atoms with Crippen LogP contribution < -0.4 is 10.1 Å². The summed E-state index contributed by atoms with van der Waals surface area (Å²) in [6.07, 6.45) is 0. The van der Waals surface area contributed by atoms with E-state index in [1.54, 1.807) is 25.2 Å². The van der Waals surface area contributed by atoms with Gasteiger partial charge in [0.15, 0.2) is 0 Å². The molecule has 0 unspecified atom stereocenters. The SMILES string of the molecule is CNCc1ccc(S(=O)(=O)N(C)C(C)C)c(OC)c1. The molecule has 0 radical (unpaired) electrons. The third-order valence-corrected chi connectivity index (χ3v) is 5.07. The summed E-state index contributed by atoms with van der Waals surface area (Å²) in [7, 11) is 1.36. The van der Waals surface area contributed by atoms with Crippen LogP contribution in [0.5, 0.6) is 5.75 Å². The van der Waals surface area contributed by atoms with Crippen molar-refractivity contribution in [2.24, 2.45) is 0 Å². The molecule has 0 saturated heterocycles. The summed E-state index contributed by atoms with van der Waals surface area (Å²) in [5.74, 6) is 0.375. The number of hydrogen-bond donors (Lipinski definition) is 1. The Balaban J connectivity index is 3.27. The lowest BCUT2D eigenvalue weighted by atomic mass is 10.2. The van der Waals surface area contributed by atoms with Crippen LogP contribution in [0.2, 0.25) is 0 Å². The summed E-state index contributed by atoms with van der Waals surface area (Å²) in [6, 6.07) is 5.03. The zero-order valence-electron chi connectivity index (χ0n) is 12.1. The van der Waals surface area contributed by atoms with E-state index in [0.29, 0.717) is 12.3 Å². The van der Waals surface area contributed by atoms with E-state index in [2.05, 4.69) is 5.32 Å². The number of ether oxygens (including phenoxy) is 1. The second kappa shape index (κ2) is 6.36. The molecule has 0 saturated carbocycles. The lowest BCUT2D eigenvalue weighted by molar-refractivity contribution is 0.387. The molecule has 1 aromatic rings. The van der Waals surface area contributed by atoms with Crippen molar-refractivity contribution >= 4 is 10.0 Å². The van der Waals surface area contributed by atoms with Gasteiger partial charge in [0.1, 0.15) is 10.6 Å².